The predicted molar refractivity (Wildman–Crippen MR) is 149 cm³/mol. The molecule has 0 aromatic heterocycles. The largest absolute Gasteiger partial charge is 0.403 e. The van der Waals surface area contributed by atoms with E-state index in [4.69, 9.17) is 21.2 Å². The van der Waals surface area contributed by atoms with E-state index in [0.717, 1.165) is 11.1 Å². The van der Waals surface area contributed by atoms with Gasteiger partial charge in [0.2, 0.25) is 5.91 Å². The molecule has 42 heavy (non-hydrogen) atoms. The summed E-state index contributed by atoms with van der Waals surface area (Å²) in [7, 11) is 0. The number of anilines is 1. The SMILES string of the molecule is O=C(C[C@H](c1ccc(F)cc1)c1ccc(Cl)cc1)Nc1cccc(F)c1CC[C@@H]1CN[C@H](CONCC(F)(F)F)CO1. The summed E-state index contributed by atoms with van der Waals surface area (Å²) in [5.74, 6) is -1.58. The van der Waals surface area contributed by atoms with Gasteiger partial charge in [0.05, 0.1) is 25.4 Å². The number of hydrogen-bond acceptors (Lipinski definition) is 5. The zero-order chi connectivity index (χ0) is 30.1. The van der Waals surface area contributed by atoms with Crippen molar-refractivity contribution in [3.8, 4) is 0 Å². The Morgan fingerprint density at radius 3 is 2.38 bits per heavy atom. The number of alkyl halides is 3. The van der Waals surface area contributed by atoms with Gasteiger partial charge in [-0.2, -0.15) is 18.7 Å². The molecule has 1 fully saturated rings. The fourth-order valence-corrected chi connectivity index (χ4v) is 4.82. The van der Waals surface area contributed by atoms with E-state index in [1.54, 1.807) is 30.3 Å². The summed E-state index contributed by atoms with van der Waals surface area (Å²) >= 11 is 6.04. The van der Waals surface area contributed by atoms with E-state index in [9.17, 15) is 26.7 Å². The van der Waals surface area contributed by atoms with Gasteiger partial charge in [-0.15, -0.1) is 0 Å². The minimum Gasteiger partial charge on any atom is -0.375 e. The maximum Gasteiger partial charge on any atom is 0.403 e. The van der Waals surface area contributed by atoms with Crippen molar-refractivity contribution in [1.29, 1.82) is 0 Å². The molecule has 0 unspecified atom stereocenters. The number of ether oxygens (including phenoxy) is 1. The number of carbonyl (C=O) groups excluding carboxylic acids is 1. The Bertz CT molecular complexity index is 1260. The van der Waals surface area contributed by atoms with Crippen LogP contribution in [0.15, 0.2) is 66.7 Å². The van der Waals surface area contributed by atoms with Gasteiger partial charge in [-0.3, -0.25) is 9.63 Å². The number of amides is 1. The first kappa shape index (κ1) is 31.8. The fourth-order valence-electron chi connectivity index (χ4n) is 4.69. The molecule has 1 aliphatic rings. The Morgan fingerprint density at radius 2 is 1.74 bits per heavy atom. The van der Waals surface area contributed by atoms with Crippen molar-refractivity contribution < 1.29 is 36.3 Å². The van der Waals surface area contributed by atoms with E-state index in [-0.39, 0.29) is 55.8 Å². The molecule has 0 aliphatic carbocycles. The molecule has 3 aromatic rings. The normalized spacial score (nSPS) is 18.0. The molecule has 3 atom stereocenters. The van der Waals surface area contributed by atoms with Crippen molar-refractivity contribution in [2.24, 2.45) is 0 Å². The lowest BCUT2D eigenvalue weighted by molar-refractivity contribution is -0.152. The predicted octanol–water partition coefficient (Wildman–Crippen LogP) is 6.15. The second kappa shape index (κ2) is 14.9. The van der Waals surface area contributed by atoms with Gasteiger partial charge >= 0.3 is 6.18 Å². The van der Waals surface area contributed by atoms with E-state index in [2.05, 4.69) is 10.6 Å². The molecule has 4 rings (SSSR count). The van der Waals surface area contributed by atoms with E-state index in [0.29, 0.717) is 29.2 Å². The van der Waals surface area contributed by atoms with Crippen LogP contribution in [0.2, 0.25) is 5.02 Å². The summed E-state index contributed by atoms with van der Waals surface area (Å²) in [4.78, 5) is 18.1. The third kappa shape index (κ3) is 9.74. The Morgan fingerprint density at radius 1 is 1.05 bits per heavy atom. The smallest absolute Gasteiger partial charge is 0.375 e. The first-order chi connectivity index (χ1) is 20.1. The summed E-state index contributed by atoms with van der Waals surface area (Å²) in [6.07, 6.45) is -3.88. The first-order valence-electron chi connectivity index (χ1n) is 13.4. The number of hydrogen-bond donors (Lipinski definition) is 3. The van der Waals surface area contributed by atoms with Crippen LogP contribution < -0.4 is 16.1 Å². The monoisotopic (exact) mass is 611 g/mol. The molecule has 1 saturated heterocycles. The van der Waals surface area contributed by atoms with Crippen molar-refractivity contribution in [2.45, 2.75) is 43.5 Å². The van der Waals surface area contributed by atoms with Crippen LogP contribution in [0, 0.1) is 11.6 Å². The summed E-state index contributed by atoms with van der Waals surface area (Å²) in [6, 6.07) is 17.2. The molecule has 226 valence electrons. The van der Waals surface area contributed by atoms with Crippen LogP contribution >= 0.6 is 11.6 Å². The Hall–Kier alpha value is -3.09. The number of benzene rings is 3. The lowest BCUT2D eigenvalue weighted by Crippen LogP contribution is -2.49. The van der Waals surface area contributed by atoms with E-state index in [1.807, 2.05) is 17.6 Å². The van der Waals surface area contributed by atoms with Gasteiger partial charge in [0.1, 0.15) is 18.2 Å². The minimum atomic E-state index is -4.37. The molecule has 1 aliphatic heterocycles. The van der Waals surface area contributed by atoms with Crippen LogP contribution in [0.3, 0.4) is 0 Å². The standard InChI is InChI=1S/C30H31ClF5N3O3/c31-21-8-4-19(5-9-21)26(20-6-10-22(32)11-7-20)14-29(40)39-28-3-1-2-27(33)25(28)13-12-24-15-37-23(16-41-24)17-42-38-18-30(34,35)36/h1-11,23-24,26,37-38H,12-18H2,(H,39,40)/t23-,24+,26-/m0/s1. The number of rotatable bonds is 12. The van der Waals surface area contributed by atoms with Crippen molar-refractivity contribution in [1.82, 2.24) is 10.8 Å². The molecule has 0 spiro atoms. The molecular formula is C30H31ClF5N3O3. The summed E-state index contributed by atoms with van der Waals surface area (Å²) < 4.78 is 70.8. The molecule has 0 radical (unpaired) electrons. The number of nitrogens with one attached hydrogen (secondary N) is 3. The van der Waals surface area contributed by atoms with Crippen LogP contribution in [-0.2, 0) is 20.8 Å². The molecule has 1 heterocycles. The number of carbonyl (C=O) groups is 1. The maximum atomic E-state index is 14.9. The highest BCUT2D eigenvalue weighted by Gasteiger charge is 2.28. The van der Waals surface area contributed by atoms with Crippen LogP contribution in [0.1, 0.15) is 35.4 Å². The lowest BCUT2D eigenvalue weighted by atomic mass is 9.88. The first-order valence-corrected chi connectivity index (χ1v) is 13.8. The Balaban J connectivity index is 1.34. The molecule has 12 heteroatoms. The van der Waals surface area contributed by atoms with Gasteiger partial charge in [-0.25, -0.2) is 8.78 Å². The quantitative estimate of drug-likeness (QED) is 0.130. The topological polar surface area (TPSA) is 71.6 Å². The summed E-state index contributed by atoms with van der Waals surface area (Å²) in [5, 5.41) is 6.54. The van der Waals surface area contributed by atoms with Gasteiger partial charge in [0, 0.05) is 35.2 Å². The lowest BCUT2D eigenvalue weighted by Gasteiger charge is -2.30. The van der Waals surface area contributed by atoms with Gasteiger partial charge in [0.25, 0.3) is 0 Å². The molecular weight excluding hydrogens is 581 g/mol. The molecule has 3 N–H and O–H groups in total. The molecule has 0 bridgehead atoms. The van der Waals surface area contributed by atoms with E-state index >= 15 is 0 Å². The molecule has 6 nitrogen and oxygen atoms in total. The van der Waals surface area contributed by atoms with Crippen LogP contribution in [0.4, 0.5) is 27.6 Å². The summed E-state index contributed by atoms with van der Waals surface area (Å²) in [5.41, 5.74) is 4.12. The molecule has 1 amide bonds. The minimum absolute atomic E-state index is 0.0127. The molecule has 3 aromatic carbocycles. The van der Waals surface area contributed by atoms with E-state index in [1.165, 1.54) is 24.3 Å². The van der Waals surface area contributed by atoms with E-state index < -0.39 is 18.5 Å². The van der Waals surface area contributed by atoms with Crippen molar-refractivity contribution in [3.63, 3.8) is 0 Å². The average Bonchev–Trinajstić information content (AvgIpc) is 2.95. The van der Waals surface area contributed by atoms with Gasteiger partial charge < -0.3 is 15.4 Å². The average molecular weight is 612 g/mol. The van der Waals surface area contributed by atoms with Crippen LogP contribution in [0.5, 0.6) is 0 Å². The molecule has 0 saturated carbocycles. The maximum absolute atomic E-state index is 14.9. The van der Waals surface area contributed by atoms with Gasteiger partial charge in [0.15, 0.2) is 0 Å². The highest BCUT2D eigenvalue weighted by atomic mass is 35.5. The number of hydroxylamine groups is 1. The fraction of sp³-hybridized carbons (Fsp3) is 0.367. The summed E-state index contributed by atoms with van der Waals surface area (Å²) in [6.45, 7) is -0.640. The second-order valence-corrected chi connectivity index (χ2v) is 10.5. The Labute approximate surface area is 245 Å². The van der Waals surface area contributed by atoms with Crippen molar-refractivity contribution >= 4 is 23.2 Å². The highest BCUT2D eigenvalue weighted by Crippen LogP contribution is 2.30. The van der Waals surface area contributed by atoms with Crippen molar-refractivity contribution in [3.05, 3.63) is 100 Å². The van der Waals surface area contributed by atoms with Crippen molar-refractivity contribution in [2.75, 3.05) is 31.6 Å². The third-order valence-electron chi connectivity index (χ3n) is 6.87. The van der Waals surface area contributed by atoms with Crippen LogP contribution in [-0.4, -0.2) is 50.5 Å². The van der Waals surface area contributed by atoms with Gasteiger partial charge in [-0.05, 0) is 60.4 Å². The van der Waals surface area contributed by atoms with Gasteiger partial charge in [-0.1, -0.05) is 41.9 Å². The zero-order valence-corrected chi connectivity index (χ0v) is 23.3. The second-order valence-electron chi connectivity index (χ2n) is 10.0. The highest BCUT2D eigenvalue weighted by molar-refractivity contribution is 6.30. The zero-order valence-electron chi connectivity index (χ0n) is 22.5. The third-order valence-corrected chi connectivity index (χ3v) is 7.12. The number of halogens is 6. The Kier molecular flexibility index (Phi) is 11.3. The van der Waals surface area contributed by atoms with Crippen LogP contribution in [0.25, 0.3) is 0 Å². The number of morpholine rings is 1.